The summed E-state index contributed by atoms with van der Waals surface area (Å²) in [7, 11) is 0. The van der Waals surface area contributed by atoms with Crippen LogP contribution in [0, 0.1) is 0 Å². The van der Waals surface area contributed by atoms with Crippen LogP contribution >= 0.6 is 39.1 Å². The number of benzene rings is 2. The number of ether oxygens (including phenoxy) is 1. The number of hydrogen-bond donors (Lipinski definition) is 1. The molecule has 0 radical (unpaired) electrons. The zero-order valence-electron chi connectivity index (χ0n) is 11.8. The summed E-state index contributed by atoms with van der Waals surface area (Å²) in [5.74, 6) is 0.876. The molecule has 0 saturated heterocycles. The molecule has 0 aliphatic heterocycles. The summed E-state index contributed by atoms with van der Waals surface area (Å²) in [6.07, 6.45) is 0.134. The third-order valence-corrected chi connectivity index (χ3v) is 4.02. The van der Waals surface area contributed by atoms with Gasteiger partial charge in [-0.2, -0.15) is 0 Å². The molecule has 1 N–H and O–H groups in total. The van der Waals surface area contributed by atoms with Crippen molar-refractivity contribution in [3.8, 4) is 5.75 Å². The van der Waals surface area contributed by atoms with E-state index in [1.54, 1.807) is 6.07 Å². The minimum absolute atomic E-state index is 0.134. The molecule has 0 bridgehead atoms. The smallest absolute Gasteiger partial charge is 0.124 e. The van der Waals surface area contributed by atoms with E-state index in [1.807, 2.05) is 44.2 Å². The van der Waals surface area contributed by atoms with E-state index in [-0.39, 0.29) is 6.10 Å². The van der Waals surface area contributed by atoms with Crippen molar-refractivity contribution in [2.24, 2.45) is 0 Å². The summed E-state index contributed by atoms with van der Waals surface area (Å²) in [5.41, 5.74) is 1.99. The Labute approximate surface area is 143 Å². The number of halogens is 3. The Bertz CT molecular complexity index is 632. The van der Waals surface area contributed by atoms with E-state index in [9.17, 15) is 0 Å². The molecule has 0 aromatic heterocycles. The lowest BCUT2D eigenvalue weighted by molar-refractivity contribution is 0.240. The van der Waals surface area contributed by atoms with E-state index in [0.717, 1.165) is 21.5 Å². The van der Waals surface area contributed by atoms with Gasteiger partial charge in [0, 0.05) is 22.3 Å². The van der Waals surface area contributed by atoms with Crippen molar-refractivity contribution in [2.75, 3.05) is 5.32 Å². The molecule has 0 amide bonds. The van der Waals surface area contributed by atoms with Crippen LogP contribution in [0.25, 0.3) is 0 Å². The fourth-order valence-electron chi connectivity index (χ4n) is 1.86. The maximum absolute atomic E-state index is 6.02. The van der Waals surface area contributed by atoms with Crippen molar-refractivity contribution >= 4 is 44.8 Å². The second kappa shape index (κ2) is 7.39. The van der Waals surface area contributed by atoms with Crippen LogP contribution in [0.3, 0.4) is 0 Å². The summed E-state index contributed by atoms with van der Waals surface area (Å²) in [4.78, 5) is 0. The van der Waals surface area contributed by atoms with Gasteiger partial charge in [0.1, 0.15) is 5.75 Å². The normalized spacial score (nSPS) is 10.8. The van der Waals surface area contributed by atoms with Gasteiger partial charge in [-0.1, -0.05) is 39.1 Å². The number of anilines is 1. The van der Waals surface area contributed by atoms with E-state index in [4.69, 9.17) is 27.9 Å². The minimum Gasteiger partial charge on any atom is -0.491 e. The Morgan fingerprint density at radius 1 is 1.10 bits per heavy atom. The quantitative estimate of drug-likeness (QED) is 0.662. The highest BCUT2D eigenvalue weighted by molar-refractivity contribution is 9.10. The highest BCUT2D eigenvalue weighted by Crippen LogP contribution is 2.28. The largest absolute Gasteiger partial charge is 0.491 e. The van der Waals surface area contributed by atoms with Crippen LogP contribution < -0.4 is 10.1 Å². The zero-order chi connectivity index (χ0) is 15.4. The van der Waals surface area contributed by atoms with E-state index in [0.29, 0.717) is 16.6 Å². The molecule has 2 rings (SSSR count). The Morgan fingerprint density at radius 2 is 1.86 bits per heavy atom. The van der Waals surface area contributed by atoms with Gasteiger partial charge in [-0.25, -0.2) is 0 Å². The van der Waals surface area contributed by atoms with Gasteiger partial charge in [-0.3, -0.25) is 0 Å². The molecule has 0 aliphatic carbocycles. The maximum Gasteiger partial charge on any atom is 0.124 e. The average molecular weight is 389 g/mol. The first-order valence-electron chi connectivity index (χ1n) is 6.59. The molecular formula is C16H16BrCl2NO. The Morgan fingerprint density at radius 3 is 2.52 bits per heavy atom. The van der Waals surface area contributed by atoms with Crippen molar-refractivity contribution in [2.45, 2.75) is 26.5 Å². The molecule has 0 unspecified atom stereocenters. The SMILES string of the molecule is CC(C)Oc1ccc(Br)cc1CNc1ccc(Cl)c(Cl)c1. The van der Waals surface area contributed by atoms with Gasteiger partial charge in [0.2, 0.25) is 0 Å². The predicted octanol–water partition coefficient (Wildman–Crippen LogP) is 6.16. The first kappa shape index (κ1) is 16.5. The zero-order valence-corrected chi connectivity index (χ0v) is 14.9. The van der Waals surface area contributed by atoms with Gasteiger partial charge in [-0.15, -0.1) is 0 Å². The fraction of sp³-hybridized carbons (Fsp3) is 0.250. The molecule has 2 aromatic carbocycles. The summed E-state index contributed by atoms with van der Waals surface area (Å²) in [6, 6.07) is 11.5. The molecular weight excluding hydrogens is 373 g/mol. The van der Waals surface area contributed by atoms with Crippen LogP contribution in [-0.4, -0.2) is 6.10 Å². The average Bonchev–Trinajstić information content (AvgIpc) is 2.42. The Hall–Kier alpha value is -0.900. The van der Waals surface area contributed by atoms with Gasteiger partial charge in [0.15, 0.2) is 0 Å². The maximum atomic E-state index is 6.02. The van der Waals surface area contributed by atoms with Crippen LogP contribution in [-0.2, 0) is 6.54 Å². The highest BCUT2D eigenvalue weighted by Gasteiger charge is 2.07. The summed E-state index contributed by atoms with van der Waals surface area (Å²) in [6.45, 7) is 4.66. The second-order valence-corrected chi connectivity index (χ2v) is 6.63. The van der Waals surface area contributed by atoms with Crippen LogP contribution in [0.4, 0.5) is 5.69 Å². The number of hydrogen-bond acceptors (Lipinski definition) is 2. The molecule has 0 atom stereocenters. The first-order chi connectivity index (χ1) is 9.95. The predicted molar refractivity (Wildman–Crippen MR) is 93.7 cm³/mol. The molecule has 0 aliphatic rings. The Kier molecular flexibility index (Phi) is 5.80. The molecule has 2 nitrogen and oxygen atoms in total. The molecule has 112 valence electrons. The molecule has 0 heterocycles. The van der Waals surface area contributed by atoms with E-state index < -0.39 is 0 Å². The molecule has 21 heavy (non-hydrogen) atoms. The van der Waals surface area contributed by atoms with Crippen LogP contribution in [0.5, 0.6) is 5.75 Å². The van der Waals surface area contributed by atoms with Gasteiger partial charge >= 0.3 is 0 Å². The molecule has 5 heteroatoms. The third-order valence-electron chi connectivity index (χ3n) is 2.79. The number of rotatable bonds is 5. The van der Waals surface area contributed by atoms with E-state index in [2.05, 4.69) is 21.2 Å². The van der Waals surface area contributed by atoms with Crippen molar-refractivity contribution in [3.05, 3.63) is 56.5 Å². The molecule has 0 saturated carbocycles. The van der Waals surface area contributed by atoms with Crippen molar-refractivity contribution in [1.29, 1.82) is 0 Å². The monoisotopic (exact) mass is 387 g/mol. The third kappa shape index (κ3) is 4.80. The van der Waals surface area contributed by atoms with Crippen LogP contribution in [0.15, 0.2) is 40.9 Å². The van der Waals surface area contributed by atoms with E-state index >= 15 is 0 Å². The minimum atomic E-state index is 0.134. The fourth-order valence-corrected chi connectivity index (χ4v) is 2.57. The van der Waals surface area contributed by atoms with Gasteiger partial charge < -0.3 is 10.1 Å². The van der Waals surface area contributed by atoms with Gasteiger partial charge in [0.05, 0.1) is 16.1 Å². The lowest BCUT2D eigenvalue weighted by Crippen LogP contribution is -2.09. The molecule has 0 fully saturated rings. The first-order valence-corrected chi connectivity index (χ1v) is 8.14. The van der Waals surface area contributed by atoms with Crippen molar-refractivity contribution in [3.63, 3.8) is 0 Å². The molecule has 2 aromatic rings. The summed E-state index contributed by atoms with van der Waals surface area (Å²) < 4.78 is 6.84. The van der Waals surface area contributed by atoms with Crippen LogP contribution in [0.2, 0.25) is 10.0 Å². The summed E-state index contributed by atoms with van der Waals surface area (Å²) >= 11 is 15.4. The van der Waals surface area contributed by atoms with Crippen molar-refractivity contribution < 1.29 is 4.74 Å². The van der Waals surface area contributed by atoms with Crippen LogP contribution in [0.1, 0.15) is 19.4 Å². The molecule has 0 spiro atoms. The number of nitrogens with one attached hydrogen (secondary N) is 1. The lowest BCUT2D eigenvalue weighted by atomic mass is 10.2. The Balaban J connectivity index is 2.14. The van der Waals surface area contributed by atoms with Gasteiger partial charge in [-0.05, 0) is 50.2 Å². The van der Waals surface area contributed by atoms with Crippen molar-refractivity contribution in [1.82, 2.24) is 0 Å². The lowest BCUT2D eigenvalue weighted by Gasteiger charge is -2.16. The summed E-state index contributed by atoms with van der Waals surface area (Å²) in [5, 5.41) is 4.41. The highest BCUT2D eigenvalue weighted by atomic mass is 79.9. The second-order valence-electron chi connectivity index (χ2n) is 4.90. The van der Waals surface area contributed by atoms with E-state index in [1.165, 1.54) is 0 Å². The standard InChI is InChI=1S/C16H16BrCl2NO/c1-10(2)21-16-6-3-12(17)7-11(16)9-20-13-4-5-14(18)15(19)8-13/h3-8,10,20H,9H2,1-2H3. The topological polar surface area (TPSA) is 21.3 Å². The van der Waals surface area contributed by atoms with Gasteiger partial charge in [0.25, 0.3) is 0 Å².